The predicted octanol–water partition coefficient (Wildman–Crippen LogP) is 3.01. The average Bonchev–Trinajstić information content (AvgIpc) is 3.04. The van der Waals surface area contributed by atoms with Crippen molar-refractivity contribution in [1.82, 2.24) is 0 Å². The van der Waals surface area contributed by atoms with Gasteiger partial charge in [-0.05, 0) is 72.0 Å². The van der Waals surface area contributed by atoms with Crippen molar-refractivity contribution < 1.29 is 59.2 Å². The summed E-state index contributed by atoms with van der Waals surface area (Å²) in [5, 5.41) is 64.6. The van der Waals surface area contributed by atoms with E-state index in [2.05, 4.69) is 47.6 Å². The fraction of sp³-hybridized carbons (Fsp3) is 0.895. The lowest BCUT2D eigenvalue weighted by Gasteiger charge is -2.71. The Kier molecular flexibility index (Phi) is 9.71. The third kappa shape index (κ3) is 5.13. The van der Waals surface area contributed by atoms with Crippen molar-refractivity contribution in [3.63, 3.8) is 0 Å². The number of esters is 1. The standard InChI is InChI=1S/C38H60O12/c1-18(2)19(3)34(5)13-14-36(7)21-9-10-25-35(6)17-47-33(46)38(25,22(21)11-12-37(36,8)29(34)31(44)45)15-23(48-20(4)40)30(35)50-32-28(43)27(42)26(41)24(16-39)49-32/h11,18-19,21,23-30,32-33,39,41-43,46H,9-10,12-17H2,1-8H3,(H,44,45)/t19-,21+,23-,24?,25+,26-,27+,28?,29-,30+,32+,33?,34-,35-,36-,37+,38+/m1/s1. The molecule has 0 spiro atoms. The van der Waals surface area contributed by atoms with Crippen LogP contribution in [0.1, 0.15) is 93.9 Å². The molecule has 5 fully saturated rings. The Hall–Kier alpha value is -1.64. The number of allylic oxidation sites excluding steroid dienone is 1. The van der Waals surface area contributed by atoms with Gasteiger partial charge < -0.3 is 49.6 Å². The van der Waals surface area contributed by atoms with Gasteiger partial charge in [-0.2, -0.15) is 0 Å². The molecule has 17 atom stereocenters. The molecule has 50 heavy (non-hydrogen) atoms. The van der Waals surface area contributed by atoms with Crippen molar-refractivity contribution in [2.45, 2.75) is 143 Å². The first-order valence-corrected chi connectivity index (χ1v) is 18.6. The smallest absolute Gasteiger partial charge is 0.307 e. The first kappa shape index (κ1) is 38.1. The van der Waals surface area contributed by atoms with Crippen LogP contribution < -0.4 is 0 Å². The quantitative estimate of drug-likeness (QED) is 0.129. The number of carboxylic acids is 1. The molecule has 6 N–H and O–H groups in total. The maximum Gasteiger partial charge on any atom is 0.307 e. The molecule has 4 aliphatic carbocycles. The Balaban J connectivity index is 1.42. The van der Waals surface area contributed by atoms with E-state index in [0.29, 0.717) is 18.8 Å². The minimum absolute atomic E-state index is 0.0419. The van der Waals surface area contributed by atoms with E-state index >= 15 is 0 Å². The second-order valence-electron chi connectivity index (χ2n) is 18.0. The molecule has 2 aliphatic heterocycles. The van der Waals surface area contributed by atoms with E-state index in [0.717, 1.165) is 24.8 Å². The van der Waals surface area contributed by atoms with Gasteiger partial charge in [0.25, 0.3) is 0 Å². The number of carbonyl (C=O) groups is 2. The number of aliphatic hydroxyl groups excluding tert-OH is 5. The summed E-state index contributed by atoms with van der Waals surface area (Å²) in [6.07, 6.45) is -4.59. The summed E-state index contributed by atoms with van der Waals surface area (Å²) >= 11 is 0. The van der Waals surface area contributed by atoms with Gasteiger partial charge in [-0.3, -0.25) is 9.59 Å². The molecule has 3 unspecified atom stereocenters. The summed E-state index contributed by atoms with van der Waals surface area (Å²) in [4.78, 5) is 26.1. The summed E-state index contributed by atoms with van der Waals surface area (Å²) in [5.41, 5.74) is -2.15. The second kappa shape index (κ2) is 12.7. The highest BCUT2D eigenvalue weighted by atomic mass is 16.7. The number of aliphatic hydroxyl groups is 5. The summed E-state index contributed by atoms with van der Waals surface area (Å²) in [7, 11) is 0. The normalized spacial score (nSPS) is 52.2. The molecule has 0 aromatic rings. The molecule has 0 amide bonds. The highest BCUT2D eigenvalue weighted by molar-refractivity contribution is 5.73. The molecule has 12 heteroatoms. The van der Waals surface area contributed by atoms with Crippen LogP contribution in [0.3, 0.4) is 0 Å². The Labute approximate surface area is 295 Å². The van der Waals surface area contributed by atoms with Crippen LogP contribution >= 0.6 is 0 Å². The summed E-state index contributed by atoms with van der Waals surface area (Å²) in [5.74, 6) is -1.61. The number of aliphatic carboxylic acids is 1. The molecule has 2 heterocycles. The molecule has 12 nitrogen and oxygen atoms in total. The number of hydrogen-bond donors (Lipinski definition) is 6. The third-order valence-electron chi connectivity index (χ3n) is 15.6. The Morgan fingerprint density at radius 1 is 0.980 bits per heavy atom. The Morgan fingerprint density at radius 3 is 2.26 bits per heavy atom. The lowest BCUT2D eigenvalue weighted by molar-refractivity contribution is -0.369. The van der Waals surface area contributed by atoms with Gasteiger partial charge in [0.15, 0.2) is 12.6 Å². The monoisotopic (exact) mass is 708 g/mol. The molecular weight excluding hydrogens is 648 g/mol. The summed E-state index contributed by atoms with van der Waals surface area (Å²) < 4.78 is 24.5. The molecule has 2 saturated heterocycles. The molecular formula is C38H60O12. The number of ether oxygens (including phenoxy) is 4. The highest BCUT2D eigenvalue weighted by Crippen LogP contribution is 2.75. The van der Waals surface area contributed by atoms with Gasteiger partial charge in [0.2, 0.25) is 0 Å². The van der Waals surface area contributed by atoms with E-state index in [-0.39, 0.29) is 30.8 Å². The van der Waals surface area contributed by atoms with E-state index in [1.807, 2.05) is 6.92 Å². The number of rotatable bonds is 7. The number of carbonyl (C=O) groups excluding carboxylic acids is 1. The van der Waals surface area contributed by atoms with Crippen LogP contribution in [-0.4, -0.2) is 105 Å². The van der Waals surface area contributed by atoms with Gasteiger partial charge in [0.05, 0.1) is 19.1 Å². The first-order chi connectivity index (χ1) is 23.2. The molecule has 3 saturated carbocycles. The lowest BCUT2D eigenvalue weighted by Crippen LogP contribution is -2.73. The fourth-order valence-corrected chi connectivity index (χ4v) is 12.5. The molecule has 0 aromatic heterocycles. The predicted molar refractivity (Wildman–Crippen MR) is 179 cm³/mol. The van der Waals surface area contributed by atoms with Crippen molar-refractivity contribution in [3.05, 3.63) is 11.6 Å². The average molecular weight is 709 g/mol. The van der Waals surface area contributed by atoms with Gasteiger partial charge in [-0.1, -0.05) is 60.1 Å². The van der Waals surface area contributed by atoms with Crippen LogP contribution in [0.15, 0.2) is 11.6 Å². The molecule has 0 radical (unpaired) electrons. The molecule has 2 bridgehead atoms. The lowest BCUT2D eigenvalue weighted by atomic mass is 9.34. The van der Waals surface area contributed by atoms with E-state index < -0.39 is 101 Å². The third-order valence-corrected chi connectivity index (χ3v) is 15.6. The fourth-order valence-electron chi connectivity index (χ4n) is 12.5. The van der Waals surface area contributed by atoms with E-state index in [9.17, 15) is 40.2 Å². The van der Waals surface area contributed by atoms with Gasteiger partial charge in [0.1, 0.15) is 36.6 Å². The second-order valence-corrected chi connectivity index (χ2v) is 18.0. The van der Waals surface area contributed by atoms with Gasteiger partial charge >= 0.3 is 11.9 Å². The van der Waals surface area contributed by atoms with Crippen molar-refractivity contribution in [1.29, 1.82) is 0 Å². The van der Waals surface area contributed by atoms with Crippen LogP contribution in [-0.2, 0) is 28.5 Å². The first-order valence-electron chi connectivity index (χ1n) is 18.6. The summed E-state index contributed by atoms with van der Waals surface area (Å²) in [6.45, 7) is 15.8. The zero-order valence-corrected chi connectivity index (χ0v) is 30.9. The van der Waals surface area contributed by atoms with Crippen LogP contribution in [0, 0.1) is 56.7 Å². The highest BCUT2D eigenvalue weighted by Gasteiger charge is 2.74. The zero-order valence-electron chi connectivity index (χ0n) is 30.9. The molecule has 284 valence electrons. The molecule has 6 rings (SSSR count). The maximum atomic E-state index is 13.4. The van der Waals surface area contributed by atoms with Crippen LogP contribution in [0.25, 0.3) is 0 Å². The zero-order chi connectivity index (χ0) is 36.9. The minimum atomic E-state index is -1.65. The number of hydrogen-bond acceptors (Lipinski definition) is 11. The SMILES string of the molecule is CC(=O)O[C@@H]1C[C@]23C4=CC[C@@]5(C)[C@H](C(=O)O)[C@@](C)([C@H](C)C(C)C)CC[C@]5(C)[C@H]4CC[C@H]2[C@@](C)(COC3O)[C@H]1O[C@@H]1OC(CO)[C@@H](O)[C@H](O)C1O. The van der Waals surface area contributed by atoms with Crippen LogP contribution in [0.4, 0.5) is 0 Å². The molecule has 6 aliphatic rings. The number of carboxylic acid groups (broad SMARTS) is 1. The topological polar surface area (TPSA) is 192 Å². The largest absolute Gasteiger partial charge is 0.481 e. The minimum Gasteiger partial charge on any atom is -0.481 e. The van der Waals surface area contributed by atoms with Crippen molar-refractivity contribution in [2.24, 2.45) is 56.7 Å². The van der Waals surface area contributed by atoms with E-state index in [1.54, 1.807) is 0 Å². The van der Waals surface area contributed by atoms with Gasteiger partial charge in [0, 0.05) is 24.2 Å². The van der Waals surface area contributed by atoms with Crippen molar-refractivity contribution >= 4 is 11.9 Å². The van der Waals surface area contributed by atoms with Crippen LogP contribution in [0.5, 0.6) is 0 Å². The summed E-state index contributed by atoms with van der Waals surface area (Å²) in [6, 6.07) is 0. The Bertz CT molecular complexity index is 1370. The Morgan fingerprint density at radius 2 is 1.66 bits per heavy atom. The van der Waals surface area contributed by atoms with E-state index in [4.69, 9.17) is 18.9 Å². The van der Waals surface area contributed by atoms with Crippen molar-refractivity contribution in [3.8, 4) is 0 Å². The molecule has 0 aromatic carbocycles. The van der Waals surface area contributed by atoms with E-state index in [1.165, 1.54) is 6.92 Å². The number of fused-ring (bicyclic) bond motifs is 3. The maximum absolute atomic E-state index is 13.4. The van der Waals surface area contributed by atoms with Crippen molar-refractivity contribution in [2.75, 3.05) is 13.2 Å². The van der Waals surface area contributed by atoms with Gasteiger partial charge in [-0.15, -0.1) is 0 Å². The van der Waals surface area contributed by atoms with Crippen LogP contribution in [0.2, 0.25) is 0 Å². The van der Waals surface area contributed by atoms with Gasteiger partial charge in [-0.25, -0.2) is 0 Å².